The topological polar surface area (TPSA) is 143 Å². The smallest absolute Gasteiger partial charge is 0.335 e. The molecule has 0 amide bonds. The summed E-state index contributed by atoms with van der Waals surface area (Å²) in [6.07, 6.45) is 0. The molecule has 3 N–H and O–H groups in total. The summed E-state index contributed by atoms with van der Waals surface area (Å²) in [5.74, 6) is -1.82. The highest BCUT2D eigenvalue weighted by molar-refractivity contribution is 5.88. The minimum atomic E-state index is -1.04. The number of carboxylic acid groups (broad SMARTS) is 3. The Labute approximate surface area is 213 Å². The van der Waals surface area contributed by atoms with Crippen LogP contribution in [0.15, 0.2) is 72.8 Å². The number of nitrogens with zero attached hydrogens (tertiary/aromatic N) is 1. The fraction of sp³-hybridized carbons (Fsp3) is 0.222. The summed E-state index contributed by atoms with van der Waals surface area (Å²) in [5.41, 5.74) is 0.384. The van der Waals surface area contributed by atoms with E-state index in [1.165, 1.54) is 36.4 Å². The van der Waals surface area contributed by atoms with Crippen molar-refractivity contribution in [1.29, 1.82) is 0 Å². The second-order valence-corrected chi connectivity index (χ2v) is 7.89. The molecule has 0 heterocycles. The molecule has 3 rings (SSSR count). The van der Waals surface area contributed by atoms with Crippen LogP contribution in [0.2, 0.25) is 0 Å². The molecule has 0 fully saturated rings. The maximum absolute atomic E-state index is 11.2. The normalized spacial score (nSPS) is 10.6. The van der Waals surface area contributed by atoms with Crippen LogP contribution in [0.5, 0.6) is 17.2 Å². The summed E-state index contributed by atoms with van der Waals surface area (Å²) < 4.78 is 17.2. The second kappa shape index (κ2) is 13.5. The summed E-state index contributed by atoms with van der Waals surface area (Å²) in [6.45, 7) is 2.21. The van der Waals surface area contributed by atoms with Crippen LogP contribution < -0.4 is 14.2 Å². The highest BCUT2D eigenvalue weighted by Crippen LogP contribution is 2.16. The molecule has 37 heavy (non-hydrogen) atoms. The number of rotatable bonds is 15. The molecule has 0 aliphatic heterocycles. The molecule has 10 nitrogen and oxygen atoms in total. The van der Waals surface area contributed by atoms with Gasteiger partial charge in [-0.05, 0) is 54.6 Å². The van der Waals surface area contributed by atoms with Crippen LogP contribution in [0.4, 0.5) is 0 Å². The number of carbonyl (C=O) groups is 3. The first-order valence-electron chi connectivity index (χ1n) is 11.4. The van der Waals surface area contributed by atoms with Crippen molar-refractivity contribution in [2.45, 2.75) is 0 Å². The number of ether oxygens (including phenoxy) is 3. The zero-order valence-electron chi connectivity index (χ0n) is 19.9. The quantitative estimate of drug-likeness (QED) is 0.278. The van der Waals surface area contributed by atoms with Crippen LogP contribution in [0.3, 0.4) is 0 Å². The van der Waals surface area contributed by atoms with Gasteiger partial charge in [0.25, 0.3) is 0 Å². The molecular formula is C27H27NO9. The van der Waals surface area contributed by atoms with Gasteiger partial charge in [-0.25, -0.2) is 14.4 Å². The fourth-order valence-corrected chi connectivity index (χ4v) is 3.37. The second-order valence-electron chi connectivity index (χ2n) is 7.89. The van der Waals surface area contributed by atoms with Crippen molar-refractivity contribution in [3.8, 4) is 17.2 Å². The van der Waals surface area contributed by atoms with Gasteiger partial charge in [0.2, 0.25) is 0 Å². The molecule has 0 radical (unpaired) electrons. The van der Waals surface area contributed by atoms with Gasteiger partial charge in [-0.3, -0.25) is 4.90 Å². The van der Waals surface area contributed by atoms with Crippen molar-refractivity contribution in [3.63, 3.8) is 0 Å². The molecule has 0 saturated carbocycles. The lowest BCUT2D eigenvalue weighted by molar-refractivity contribution is 0.0685. The summed E-state index contributed by atoms with van der Waals surface area (Å²) in [5, 5.41) is 27.4. The van der Waals surface area contributed by atoms with Crippen LogP contribution in [0.25, 0.3) is 0 Å². The molecule has 10 heteroatoms. The molecule has 0 atom stereocenters. The summed E-state index contributed by atoms with van der Waals surface area (Å²) in [4.78, 5) is 35.5. The van der Waals surface area contributed by atoms with Gasteiger partial charge in [0.05, 0.1) is 16.7 Å². The summed E-state index contributed by atoms with van der Waals surface area (Å²) in [6, 6.07) is 18.6. The van der Waals surface area contributed by atoms with E-state index in [1.54, 1.807) is 36.4 Å². The van der Waals surface area contributed by atoms with Crippen LogP contribution in [-0.2, 0) is 0 Å². The average Bonchev–Trinajstić information content (AvgIpc) is 2.89. The first-order chi connectivity index (χ1) is 17.8. The van der Waals surface area contributed by atoms with E-state index >= 15 is 0 Å². The van der Waals surface area contributed by atoms with Crippen molar-refractivity contribution < 1.29 is 43.9 Å². The Morgan fingerprint density at radius 3 is 1.11 bits per heavy atom. The molecule has 0 spiro atoms. The Bertz CT molecular complexity index is 1080. The van der Waals surface area contributed by atoms with E-state index in [2.05, 4.69) is 0 Å². The zero-order valence-corrected chi connectivity index (χ0v) is 19.9. The van der Waals surface area contributed by atoms with Crippen LogP contribution >= 0.6 is 0 Å². The molecule has 0 aliphatic carbocycles. The molecule has 0 aromatic heterocycles. The van der Waals surface area contributed by atoms with Gasteiger partial charge < -0.3 is 29.5 Å². The summed E-state index contributed by atoms with van der Waals surface area (Å²) >= 11 is 0. The molecule has 3 aromatic carbocycles. The highest BCUT2D eigenvalue weighted by Gasteiger charge is 2.10. The van der Waals surface area contributed by atoms with Gasteiger partial charge in [-0.2, -0.15) is 0 Å². The van der Waals surface area contributed by atoms with Gasteiger partial charge in [0, 0.05) is 19.6 Å². The number of hydrogen-bond acceptors (Lipinski definition) is 7. The Hall–Kier alpha value is -4.57. The Kier molecular flexibility index (Phi) is 9.86. The first kappa shape index (κ1) is 27.0. The van der Waals surface area contributed by atoms with E-state index in [1.807, 2.05) is 4.90 Å². The number of aromatic carboxylic acids is 3. The van der Waals surface area contributed by atoms with E-state index < -0.39 is 17.9 Å². The standard InChI is InChI=1S/C27H27NO9/c29-25(30)19-4-1-7-22(16-19)35-13-10-28(11-14-36-23-8-2-5-20(17-23)26(31)32)12-15-37-24-9-3-6-21(18-24)27(33)34/h1-9,16-18H,10-15H2,(H,29,30)(H,31,32)(H,33,34). The van der Waals surface area contributed by atoms with E-state index in [0.29, 0.717) is 36.9 Å². The van der Waals surface area contributed by atoms with Crippen LogP contribution in [-0.4, -0.2) is 77.6 Å². The molecule has 0 saturated heterocycles. The third-order valence-corrected chi connectivity index (χ3v) is 5.27. The van der Waals surface area contributed by atoms with Crippen molar-refractivity contribution >= 4 is 17.9 Å². The van der Waals surface area contributed by atoms with E-state index in [0.717, 1.165) is 0 Å². The summed E-state index contributed by atoms with van der Waals surface area (Å²) in [7, 11) is 0. The molecular weight excluding hydrogens is 482 g/mol. The third kappa shape index (κ3) is 8.86. The minimum Gasteiger partial charge on any atom is -0.492 e. The van der Waals surface area contributed by atoms with E-state index in [9.17, 15) is 14.4 Å². The number of carboxylic acids is 3. The molecule has 0 unspecified atom stereocenters. The van der Waals surface area contributed by atoms with Crippen molar-refractivity contribution in [2.75, 3.05) is 39.5 Å². The van der Waals surface area contributed by atoms with Crippen molar-refractivity contribution in [2.24, 2.45) is 0 Å². The van der Waals surface area contributed by atoms with Gasteiger partial charge in [0.1, 0.15) is 37.1 Å². The minimum absolute atomic E-state index is 0.128. The lowest BCUT2D eigenvalue weighted by Gasteiger charge is -2.23. The average molecular weight is 510 g/mol. The third-order valence-electron chi connectivity index (χ3n) is 5.27. The monoisotopic (exact) mass is 509 g/mol. The van der Waals surface area contributed by atoms with Crippen molar-refractivity contribution in [1.82, 2.24) is 4.90 Å². The molecule has 0 aliphatic rings. The highest BCUT2D eigenvalue weighted by atomic mass is 16.5. The number of benzene rings is 3. The Morgan fingerprint density at radius 2 is 0.838 bits per heavy atom. The molecule has 0 bridgehead atoms. The fourth-order valence-electron chi connectivity index (χ4n) is 3.37. The van der Waals surface area contributed by atoms with Crippen LogP contribution in [0.1, 0.15) is 31.1 Å². The Balaban J connectivity index is 1.56. The first-order valence-corrected chi connectivity index (χ1v) is 11.4. The van der Waals surface area contributed by atoms with Gasteiger partial charge in [-0.15, -0.1) is 0 Å². The molecule has 194 valence electrons. The maximum Gasteiger partial charge on any atom is 0.335 e. The SMILES string of the molecule is O=C(O)c1cccc(OCCN(CCOc2cccc(C(=O)O)c2)CCOc2cccc(C(=O)O)c2)c1. The van der Waals surface area contributed by atoms with E-state index in [4.69, 9.17) is 29.5 Å². The van der Waals surface area contributed by atoms with Gasteiger partial charge >= 0.3 is 17.9 Å². The predicted octanol–water partition coefficient (Wildman–Crippen LogP) is 3.62. The molecule has 3 aromatic rings. The van der Waals surface area contributed by atoms with E-state index in [-0.39, 0.29) is 36.5 Å². The Morgan fingerprint density at radius 1 is 0.541 bits per heavy atom. The maximum atomic E-state index is 11.2. The largest absolute Gasteiger partial charge is 0.492 e. The van der Waals surface area contributed by atoms with Gasteiger partial charge in [-0.1, -0.05) is 18.2 Å². The van der Waals surface area contributed by atoms with Gasteiger partial charge in [0.15, 0.2) is 0 Å². The predicted molar refractivity (Wildman–Crippen MR) is 133 cm³/mol. The lowest BCUT2D eigenvalue weighted by Crippen LogP contribution is -2.35. The number of hydrogen-bond donors (Lipinski definition) is 3. The van der Waals surface area contributed by atoms with Crippen molar-refractivity contribution in [3.05, 3.63) is 89.5 Å². The lowest BCUT2D eigenvalue weighted by atomic mass is 10.2. The van der Waals surface area contributed by atoms with Crippen LogP contribution in [0, 0.1) is 0 Å². The zero-order chi connectivity index (χ0) is 26.6.